The highest BCUT2D eigenvalue weighted by Crippen LogP contribution is 2.65. The van der Waals surface area contributed by atoms with Gasteiger partial charge in [-0.25, -0.2) is 13.8 Å². The Morgan fingerprint density at radius 1 is 1.44 bits per heavy atom. The molecule has 0 radical (unpaired) electrons. The van der Waals surface area contributed by atoms with Crippen LogP contribution in [0.15, 0.2) is 18.3 Å². The maximum Gasteiger partial charge on any atom is 0.256 e. The van der Waals surface area contributed by atoms with Crippen molar-refractivity contribution in [1.29, 1.82) is 0 Å². The van der Waals surface area contributed by atoms with E-state index in [9.17, 15) is 8.78 Å². The van der Waals surface area contributed by atoms with Crippen molar-refractivity contribution in [2.75, 3.05) is 18.0 Å². The zero-order chi connectivity index (χ0) is 11.4. The minimum absolute atomic E-state index is 0.0148. The Morgan fingerprint density at radius 2 is 2.19 bits per heavy atom. The lowest BCUT2D eigenvalue weighted by molar-refractivity contribution is 0.0711. The Balaban J connectivity index is 1.83. The highest BCUT2D eigenvalue weighted by Gasteiger charge is 2.72. The molecule has 1 aromatic rings. The predicted molar refractivity (Wildman–Crippen MR) is 58.1 cm³/mol. The molecule has 16 heavy (non-hydrogen) atoms. The number of aromatic nitrogens is 1. The van der Waals surface area contributed by atoms with Crippen molar-refractivity contribution in [3.63, 3.8) is 0 Å². The molecule has 3 rings (SSSR count). The Morgan fingerprint density at radius 3 is 2.75 bits per heavy atom. The normalized spacial score (nSPS) is 31.1. The smallest absolute Gasteiger partial charge is 0.256 e. The average molecular weight is 245 g/mol. The number of hydrogen-bond donors (Lipinski definition) is 0. The molecule has 1 aromatic heterocycles. The van der Waals surface area contributed by atoms with Crippen molar-refractivity contribution in [3.8, 4) is 0 Å². The van der Waals surface area contributed by atoms with Crippen LogP contribution in [0.1, 0.15) is 12.8 Å². The van der Waals surface area contributed by atoms with Crippen LogP contribution < -0.4 is 4.90 Å². The SMILES string of the molecule is FC1(F)CC12CCN(c1ncccc1Cl)C2. The number of pyridine rings is 1. The Bertz CT molecular complexity index is 438. The lowest BCUT2D eigenvalue weighted by Gasteiger charge is -2.18. The summed E-state index contributed by atoms with van der Waals surface area (Å²) in [5, 5.41) is 0.531. The number of hydrogen-bond acceptors (Lipinski definition) is 2. The quantitative estimate of drug-likeness (QED) is 0.755. The van der Waals surface area contributed by atoms with Crippen molar-refractivity contribution < 1.29 is 8.78 Å². The number of nitrogens with zero attached hydrogens (tertiary/aromatic N) is 2. The highest BCUT2D eigenvalue weighted by molar-refractivity contribution is 6.32. The molecule has 2 heterocycles. The number of rotatable bonds is 1. The first-order valence-corrected chi connectivity index (χ1v) is 5.65. The van der Waals surface area contributed by atoms with Gasteiger partial charge in [0, 0.05) is 25.7 Å². The second-order valence-corrected chi connectivity index (χ2v) is 5.05. The molecule has 1 atom stereocenters. The van der Waals surface area contributed by atoms with Crippen LogP contribution >= 0.6 is 11.6 Å². The fraction of sp³-hybridized carbons (Fsp3) is 0.545. The zero-order valence-electron chi connectivity index (χ0n) is 8.59. The summed E-state index contributed by atoms with van der Waals surface area (Å²) in [7, 11) is 0. The molecule has 86 valence electrons. The van der Waals surface area contributed by atoms with E-state index < -0.39 is 11.3 Å². The fourth-order valence-electron chi connectivity index (χ4n) is 2.49. The van der Waals surface area contributed by atoms with Crippen LogP contribution in [0.4, 0.5) is 14.6 Å². The molecule has 2 fully saturated rings. The van der Waals surface area contributed by atoms with Gasteiger partial charge in [-0.05, 0) is 18.6 Å². The monoisotopic (exact) mass is 244 g/mol. The summed E-state index contributed by atoms with van der Waals surface area (Å²) in [6.45, 7) is 0.989. The largest absolute Gasteiger partial charge is 0.355 e. The summed E-state index contributed by atoms with van der Waals surface area (Å²) < 4.78 is 26.4. The maximum atomic E-state index is 13.2. The van der Waals surface area contributed by atoms with Gasteiger partial charge in [0.05, 0.1) is 10.4 Å². The number of alkyl halides is 2. The summed E-state index contributed by atoms with van der Waals surface area (Å²) in [6, 6.07) is 3.48. The van der Waals surface area contributed by atoms with E-state index in [1.807, 2.05) is 4.90 Å². The Hall–Kier alpha value is -0.900. The van der Waals surface area contributed by atoms with Gasteiger partial charge in [0.15, 0.2) is 0 Å². The first kappa shape index (κ1) is 10.3. The van der Waals surface area contributed by atoms with Crippen LogP contribution in [0.3, 0.4) is 0 Å². The third-order valence-corrected chi connectivity index (χ3v) is 3.90. The highest BCUT2D eigenvalue weighted by atomic mass is 35.5. The van der Waals surface area contributed by atoms with Crippen molar-refractivity contribution >= 4 is 17.4 Å². The summed E-state index contributed by atoms with van der Waals surface area (Å²) >= 11 is 6.00. The van der Waals surface area contributed by atoms with Crippen molar-refractivity contribution in [2.24, 2.45) is 5.41 Å². The third kappa shape index (κ3) is 1.32. The molecule has 2 aliphatic rings. The molecule has 5 heteroatoms. The minimum Gasteiger partial charge on any atom is -0.355 e. The van der Waals surface area contributed by atoms with Crippen LogP contribution in [-0.2, 0) is 0 Å². The molecule has 1 aliphatic heterocycles. The van der Waals surface area contributed by atoms with E-state index in [4.69, 9.17) is 11.6 Å². The molecule has 0 N–H and O–H groups in total. The van der Waals surface area contributed by atoms with Crippen LogP contribution in [0.5, 0.6) is 0 Å². The molecule has 1 saturated carbocycles. The zero-order valence-corrected chi connectivity index (χ0v) is 9.34. The Labute approximate surface area is 97.2 Å². The maximum absolute atomic E-state index is 13.2. The van der Waals surface area contributed by atoms with E-state index in [1.165, 1.54) is 0 Å². The second-order valence-electron chi connectivity index (χ2n) is 4.64. The van der Waals surface area contributed by atoms with Gasteiger partial charge in [-0.3, -0.25) is 0 Å². The molecule has 1 aliphatic carbocycles. The van der Waals surface area contributed by atoms with Crippen LogP contribution in [0.25, 0.3) is 0 Å². The molecule has 0 amide bonds. The second kappa shape index (κ2) is 3.06. The summed E-state index contributed by atoms with van der Waals surface area (Å²) in [5.41, 5.74) is -0.798. The van der Waals surface area contributed by atoms with E-state index in [-0.39, 0.29) is 6.42 Å². The van der Waals surface area contributed by atoms with Crippen LogP contribution in [0, 0.1) is 5.41 Å². The van der Waals surface area contributed by atoms with E-state index in [2.05, 4.69) is 4.98 Å². The summed E-state index contributed by atoms with van der Waals surface area (Å²) in [4.78, 5) is 6.01. The van der Waals surface area contributed by atoms with Gasteiger partial charge in [-0.1, -0.05) is 11.6 Å². The molecule has 1 saturated heterocycles. The lowest BCUT2D eigenvalue weighted by atomic mass is 10.1. The molecular formula is C11H11ClF2N2. The molecule has 0 bridgehead atoms. The average Bonchev–Trinajstić information content (AvgIpc) is 2.59. The van der Waals surface area contributed by atoms with E-state index >= 15 is 0 Å². The summed E-state index contributed by atoms with van der Waals surface area (Å²) in [6.07, 6.45) is 2.19. The van der Waals surface area contributed by atoms with E-state index in [0.717, 1.165) is 0 Å². The molecule has 0 aromatic carbocycles. The van der Waals surface area contributed by atoms with Gasteiger partial charge in [-0.2, -0.15) is 0 Å². The Kier molecular flexibility index (Phi) is 1.97. The first-order valence-electron chi connectivity index (χ1n) is 5.27. The van der Waals surface area contributed by atoms with Gasteiger partial charge in [-0.15, -0.1) is 0 Å². The van der Waals surface area contributed by atoms with Crippen LogP contribution in [-0.4, -0.2) is 24.0 Å². The predicted octanol–water partition coefficient (Wildman–Crippen LogP) is 2.97. The molecule has 1 spiro atoms. The number of halogens is 3. The van der Waals surface area contributed by atoms with Crippen molar-refractivity contribution in [3.05, 3.63) is 23.4 Å². The lowest BCUT2D eigenvalue weighted by Crippen LogP contribution is -2.23. The fourth-order valence-corrected chi connectivity index (χ4v) is 2.73. The first-order chi connectivity index (χ1) is 7.54. The standard InChI is InChI=1S/C11H11ClF2N2/c12-8-2-1-4-15-9(8)16-5-3-10(7-16)6-11(10,13)14/h1-2,4H,3,5-7H2. The van der Waals surface area contributed by atoms with E-state index in [0.29, 0.717) is 30.4 Å². The third-order valence-electron chi connectivity index (χ3n) is 3.60. The van der Waals surface area contributed by atoms with Crippen LogP contribution in [0.2, 0.25) is 5.02 Å². The van der Waals surface area contributed by atoms with Gasteiger partial charge in [0.1, 0.15) is 5.82 Å². The number of anilines is 1. The van der Waals surface area contributed by atoms with E-state index in [1.54, 1.807) is 18.3 Å². The molecular weight excluding hydrogens is 234 g/mol. The minimum atomic E-state index is -2.48. The molecule has 1 unspecified atom stereocenters. The van der Waals surface area contributed by atoms with Crippen molar-refractivity contribution in [1.82, 2.24) is 4.98 Å². The molecule has 2 nitrogen and oxygen atoms in total. The topological polar surface area (TPSA) is 16.1 Å². The van der Waals surface area contributed by atoms with Gasteiger partial charge >= 0.3 is 0 Å². The van der Waals surface area contributed by atoms with Crippen molar-refractivity contribution in [2.45, 2.75) is 18.8 Å². The van der Waals surface area contributed by atoms with Gasteiger partial charge < -0.3 is 4.90 Å². The van der Waals surface area contributed by atoms with Gasteiger partial charge in [0.25, 0.3) is 5.92 Å². The summed E-state index contributed by atoms with van der Waals surface area (Å²) in [5.74, 6) is -1.85. The van der Waals surface area contributed by atoms with Gasteiger partial charge in [0.2, 0.25) is 0 Å².